The third-order valence-corrected chi connectivity index (χ3v) is 5.67. The number of rotatable bonds is 2. The molecule has 0 amide bonds. The van der Waals surface area contributed by atoms with E-state index in [0.717, 1.165) is 14.6 Å². The fourth-order valence-corrected chi connectivity index (χ4v) is 4.07. The molecule has 0 bridgehead atoms. The Labute approximate surface area is 148 Å². The molecule has 2 N–H and O–H groups in total. The van der Waals surface area contributed by atoms with Crippen LogP contribution in [0.2, 0.25) is 5.02 Å². The molecule has 4 nitrogen and oxygen atoms in total. The van der Waals surface area contributed by atoms with Crippen molar-refractivity contribution in [2.45, 2.75) is 0 Å². The number of nitrogens with zero attached hydrogens (tertiary/aromatic N) is 1. The van der Waals surface area contributed by atoms with E-state index in [-0.39, 0.29) is 22.1 Å². The number of fused-ring (bicyclic) bond motifs is 1. The van der Waals surface area contributed by atoms with Gasteiger partial charge in [0, 0.05) is 25.5 Å². The second kappa shape index (κ2) is 6.07. The lowest BCUT2D eigenvalue weighted by molar-refractivity contribution is 0.0594. The number of nitrogens with two attached hydrogens (primary N) is 1. The molecule has 1 aromatic carbocycles. The first-order chi connectivity index (χ1) is 11.0. The van der Waals surface area contributed by atoms with Crippen molar-refractivity contribution in [3.05, 3.63) is 44.6 Å². The highest BCUT2D eigenvalue weighted by molar-refractivity contribution is 9.10. The van der Waals surface area contributed by atoms with Gasteiger partial charge in [-0.05, 0) is 15.9 Å². The van der Waals surface area contributed by atoms with Crippen LogP contribution in [-0.2, 0) is 4.74 Å². The van der Waals surface area contributed by atoms with E-state index in [1.165, 1.54) is 18.4 Å². The minimum absolute atomic E-state index is 0.0350. The van der Waals surface area contributed by atoms with Gasteiger partial charge in [0.25, 0.3) is 0 Å². The first-order valence-corrected chi connectivity index (χ1v) is 8.39. The Morgan fingerprint density at radius 1 is 1.48 bits per heavy atom. The molecule has 3 aromatic rings. The smallest absolute Gasteiger partial charge is 0.358 e. The number of thiophene rings is 1. The van der Waals surface area contributed by atoms with E-state index >= 15 is 0 Å². The largest absolute Gasteiger partial charge is 0.464 e. The van der Waals surface area contributed by atoms with E-state index in [2.05, 4.69) is 25.7 Å². The lowest BCUT2D eigenvalue weighted by atomic mass is 10.1. The van der Waals surface area contributed by atoms with Gasteiger partial charge in [0.15, 0.2) is 11.5 Å². The summed E-state index contributed by atoms with van der Waals surface area (Å²) in [4.78, 5) is 15.9. The van der Waals surface area contributed by atoms with Gasteiger partial charge >= 0.3 is 5.97 Å². The van der Waals surface area contributed by atoms with Crippen LogP contribution in [0.15, 0.2) is 28.1 Å². The number of carbonyl (C=O) groups is 1. The highest BCUT2D eigenvalue weighted by atomic mass is 79.9. The normalized spacial score (nSPS) is 11.0. The highest BCUT2D eigenvalue weighted by Gasteiger charge is 2.24. The maximum absolute atomic E-state index is 14.6. The molecule has 0 radical (unpaired) electrons. The number of halogens is 3. The maximum atomic E-state index is 14.6. The fourth-order valence-electron chi connectivity index (χ4n) is 2.18. The van der Waals surface area contributed by atoms with Crippen molar-refractivity contribution >= 4 is 60.6 Å². The summed E-state index contributed by atoms with van der Waals surface area (Å²) in [7, 11) is 1.19. The topological polar surface area (TPSA) is 65.2 Å². The number of carbonyl (C=O) groups excluding carboxylic acids is 1. The lowest BCUT2D eigenvalue weighted by Crippen LogP contribution is -2.10. The summed E-state index contributed by atoms with van der Waals surface area (Å²) in [6.07, 6.45) is 0. The summed E-state index contributed by atoms with van der Waals surface area (Å²) in [6, 6.07) is 5.39. The van der Waals surface area contributed by atoms with Gasteiger partial charge in [-0.2, -0.15) is 0 Å². The molecule has 0 fully saturated rings. The molecule has 0 aliphatic carbocycles. The van der Waals surface area contributed by atoms with Crippen LogP contribution in [0.4, 0.5) is 10.1 Å². The highest BCUT2D eigenvalue weighted by Crippen LogP contribution is 2.40. The van der Waals surface area contributed by atoms with Crippen LogP contribution in [-0.4, -0.2) is 18.1 Å². The number of esters is 1. The van der Waals surface area contributed by atoms with Crippen LogP contribution < -0.4 is 5.73 Å². The van der Waals surface area contributed by atoms with Crippen LogP contribution in [0.3, 0.4) is 0 Å². The Bertz CT molecular complexity index is 945. The minimum atomic E-state index is -0.775. The van der Waals surface area contributed by atoms with Crippen LogP contribution in [0.5, 0.6) is 0 Å². The molecule has 2 aromatic heterocycles. The van der Waals surface area contributed by atoms with Crippen molar-refractivity contribution in [1.82, 2.24) is 4.98 Å². The minimum Gasteiger partial charge on any atom is -0.464 e. The number of ether oxygens (including phenoxy) is 1. The SMILES string of the molecule is COC(=O)c1nc(-c2cccc3c(Br)csc23)c(F)c(N)c1Cl. The van der Waals surface area contributed by atoms with Gasteiger partial charge < -0.3 is 10.5 Å². The Kier molecular flexibility index (Phi) is 4.27. The Morgan fingerprint density at radius 2 is 2.22 bits per heavy atom. The Morgan fingerprint density at radius 3 is 2.91 bits per heavy atom. The fraction of sp³-hybridized carbons (Fsp3) is 0.0667. The predicted octanol–water partition coefficient (Wildman–Crippen LogP) is 4.89. The molecule has 118 valence electrons. The molecule has 3 rings (SSSR count). The van der Waals surface area contributed by atoms with Gasteiger partial charge in [0.1, 0.15) is 5.69 Å². The molecular weight excluding hydrogens is 407 g/mol. The molecular formula is C15H9BrClFN2O2S. The lowest BCUT2D eigenvalue weighted by Gasteiger charge is -2.11. The third kappa shape index (κ3) is 2.58. The molecule has 8 heteroatoms. The van der Waals surface area contributed by atoms with E-state index in [4.69, 9.17) is 17.3 Å². The standard InChI is InChI=1S/C15H9BrClFN2O2S/c1-22-15(21)13-9(17)11(19)10(18)12(20-13)7-4-2-3-6-8(16)5-23-14(6)7/h2-5H,1H3,(H2,19,20). The van der Waals surface area contributed by atoms with Gasteiger partial charge in [-0.1, -0.05) is 29.8 Å². The van der Waals surface area contributed by atoms with E-state index in [9.17, 15) is 9.18 Å². The third-order valence-electron chi connectivity index (χ3n) is 3.30. The number of nitrogen functional groups attached to an aromatic ring is 1. The first kappa shape index (κ1) is 16.2. The zero-order valence-corrected chi connectivity index (χ0v) is 14.9. The van der Waals surface area contributed by atoms with Crippen molar-refractivity contribution in [3.63, 3.8) is 0 Å². The van der Waals surface area contributed by atoms with Crippen molar-refractivity contribution in [2.75, 3.05) is 12.8 Å². The molecule has 23 heavy (non-hydrogen) atoms. The number of hydrogen-bond acceptors (Lipinski definition) is 5. The van der Waals surface area contributed by atoms with E-state index in [1.807, 2.05) is 11.4 Å². The number of aromatic nitrogens is 1. The summed E-state index contributed by atoms with van der Waals surface area (Å²) >= 11 is 10.8. The molecule has 0 unspecified atom stereocenters. The van der Waals surface area contributed by atoms with Crippen LogP contribution in [0.25, 0.3) is 21.3 Å². The zero-order valence-electron chi connectivity index (χ0n) is 11.7. The van der Waals surface area contributed by atoms with Crippen molar-refractivity contribution in [3.8, 4) is 11.3 Å². The van der Waals surface area contributed by atoms with Crippen molar-refractivity contribution in [1.29, 1.82) is 0 Å². The molecule has 0 saturated heterocycles. The average molecular weight is 416 g/mol. The predicted molar refractivity (Wildman–Crippen MR) is 93.5 cm³/mol. The second-order valence-corrected chi connectivity index (χ2v) is 6.72. The summed E-state index contributed by atoms with van der Waals surface area (Å²) in [5, 5.41) is 2.56. The van der Waals surface area contributed by atoms with E-state index in [0.29, 0.717) is 5.56 Å². The number of methoxy groups -OCH3 is 1. The molecule has 2 heterocycles. The number of benzene rings is 1. The monoisotopic (exact) mass is 414 g/mol. The zero-order chi connectivity index (χ0) is 16.7. The Hall–Kier alpha value is -1.70. The van der Waals surface area contributed by atoms with Crippen LogP contribution in [0.1, 0.15) is 10.5 Å². The molecule has 0 spiro atoms. The van der Waals surface area contributed by atoms with Gasteiger partial charge in [-0.15, -0.1) is 11.3 Å². The van der Waals surface area contributed by atoms with Crippen LogP contribution in [0, 0.1) is 5.82 Å². The van der Waals surface area contributed by atoms with E-state index < -0.39 is 11.8 Å². The molecule has 0 atom stereocenters. The first-order valence-electron chi connectivity index (χ1n) is 6.34. The van der Waals surface area contributed by atoms with Gasteiger partial charge in [-0.3, -0.25) is 0 Å². The maximum Gasteiger partial charge on any atom is 0.358 e. The van der Waals surface area contributed by atoms with Gasteiger partial charge in [0.2, 0.25) is 0 Å². The summed E-state index contributed by atoms with van der Waals surface area (Å²) in [6.45, 7) is 0. The summed E-state index contributed by atoms with van der Waals surface area (Å²) in [5.74, 6) is -1.54. The quantitative estimate of drug-likeness (QED) is 0.605. The molecule has 0 saturated carbocycles. The molecule has 0 aliphatic heterocycles. The number of anilines is 1. The Balaban J connectivity index is 2.35. The number of hydrogen-bond donors (Lipinski definition) is 1. The second-order valence-electron chi connectivity index (χ2n) is 4.61. The van der Waals surface area contributed by atoms with Crippen molar-refractivity contribution < 1.29 is 13.9 Å². The van der Waals surface area contributed by atoms with Crippen LogP contribution >= 0.6 is 38.9 Å². The summed E-state index contributed by atoms with van der Waals surface area (Å²) in [5.41, 5.74) is 5.66. The molecule has 0 aliphatic rings. The van der Waals surface area contributed by atoms with Gasteiger partial charge in [0.05, 0.1) is 17.8 Å². The van der Waals surface area contributed by atoms with Gasteiger partial charge in [-0.25, -0.2) is 14.2 Å². The average Bonchev–Trinajstić information content (AvgIpc) is 2.94. The van der Waals surface area contributed by atoms with Crippen molar-refractivity contribution in [2.24, 2.45) is 0 Å². The van der Waals surface area contributed by atoms with E-state index in [1.54, 1.807) is 12.1 Å². The number of pyridine rings is 1. The summed E-state index contributed by atoms with van der Waals surface area (Å²) < 4.78 is 20.9.